The monoisotopic (exact) mass is 184 g/mol. The average molecular weight is 184 g/mol. The number of nitrogens with zero attached hydrogens (tertiary/aromatic N) is 2. The lowest BCUT2D eigenvalue weighted by Crippen LogP contribution is -1.58. The summed E-state index contributed by atoms with van der Waals surface area (Å²) in [5.74, 6) is 1.20. The molecule has 0 fully saturated rings. The van der Waals surface area contributed by atoms with Crippen molar-refractivity contribution >= 4 is 21.6 Å². The Labute approximate surface area is 74.7 Å². The lowest BCUT2D eigenvalue weighted by Gasteiger charge is -1.69. The predicted molar refractivity (Wildman–Crippen MR) is 49.6 cm³/mol. The van der Waals surface area contributed by atoms with Crippen molar-refractivity contribution in [3.05, 3.63) is 11.5 Å². The number of nitriles is 2. The molecule has 1 rings (SSSR count). The number of hydrogen-bond donors (Lipinski definition) is 0. The largest absolute Gasteiger partial charge is 0.198 e. The minimum Gasteiger partial charge on any atom is -0.198 e. The molecule has 0 aromatic heterocycles. The summed E-state index contributed by atoms with van der Waals surface area (Å²) in [5.41, 5.74) is 0. The molecule has 0 saturated carbocycles. The fourth-order valence-corrected chi connectivity index (χ4v) is 1.88. The lowest BCUT2D eigenvalue weighted by atomic mass is 10.4. The molecule has 4 heteroatoms. The van der Waals surface area contributed by atoms with Crippen LogP contribution in [-0.2, 0) is 0 Å². The van der Waals surface area contributed by atoms with E-state index in [1.54, 1.807) is 0 Å². The molecular formula is C7H8N2S2. The van der Waals surface area contributed by atoms with Gasteiger partial charge in [0, 0.05) is 18.6 Å². The SMILES string of the molecule is C1=CSSC1.N#CCCC#N. The van der Waals surface area contributed by atoms with Crippen molar-refractivity contribution in [1.29, 1.82) is 10.5 Å². The summed E-state index contributed by atoms with van der Waals surface area (Å²) in [4.78, 5) is 0. The van der Waals surface area contributed by atoms with Crippen LogP contribution in [0.5, 0.6) is 0 Å². The smallest absolute Gasteiger partial charge is 0.0632 e. The second kappa shape index (κ2) is 9.42. The molecule has 1 aliphatic rings. The van der Waals surface area contributed by atoms with Crippen molar-refractivity contribution in [2.45, 2.75) is 12.8 Å². The number of unbranched alkanes of at least 4 members (excludes halogenated alkanes) is 1. The Bertz CT molecular complexity index is 168. The van der Waals surface area contributed by atoms with Crippen molar-refractivity contribution in [1.82, 2.24) is 0 Å². The summed E-state index contributed by atoms with van der Waals surface area (Å²) >= 11 is 0. The molecule has 0 radical (unpaired) electrons. The van der Waals surface area contributed by atoms with Gasteiger partial charge >= 0.3 is 0 Å². The Balaban J connectivity index is 0.000000183. The minimum absolute atomic E-state index is 0.358. The lowest BCUT2D eigenvalue weighted by molar-refractivity contribution is 1.07. The van der Waals surface area contributed by atoms with Gasteiger partial charge in [-0.25, -0.2) is 0 Å². The van der Waals surface area contributed by atoms with E-state index in [1.165, 1.54) is 5.75 Å². The second-order valence-corrected chi connectivity index (χ2v) is 3.89. The molecule has 0 atom stereocenters. The summed E-state index contributed by atoms with van der Waals surface area (Å²) in [7, 11) is 3.69. The molecule has 2 nitrogen and oxygen atoms in total. The van der Waals surface area contributed by atoms with Crippen LogP contribution in [0.4, 0.5) is 0 Å². The number of hydrogen-bond acceptors (Lipinski definition) is 4. The predicted octanol–water partition coefficient (Wildman–Crippen LogP) is 2.71. The van der Waals surface area contributed by atoms with E-state index in [2.05, 4.69) is 11.5 Å². The molecule has 0 amide bonds. The third kappa shape index (κ3) is 9.42. The van der Waals surface area contributed by atoms with Gasteiger partial charge in [-0.05, 0) is 5.41 Å². The van der Waals surface area contributed by atoms with Gasteiger partial charge in [0.1, 0.15) is 0 Å². The van der Waals surface area contributed by atoms with Crippen LogP contribution in [0.3, 0.4) is 0 Å². The van der Waals surface area contributed by atoms with Crippen LogP contribution in [0, 0.1) is 22.7 Å². The molecule has 0 aromatic carbocycles. The molecule has 0 bridgehead atoms. The first kappa shape index (κ1) is 10.4. The van der Waals surface area contributed by atoms with Crippen molar-refractivity contribution in [3.63, 3.8) is 0 Å². The molecule has 0 spiro atoms. The average Bonchev–Trinajstić information content (AvgIpc) is 2.57. The Morgan fingerprint density at radius 3 is 2.09 bits per heavy atom. The van der Waals surface area contributed by atoms with Gasteiger partial charge in [-0.3, -0.25) is 0 Å². The van der Waals surface area contributed by atoms with Crippen molar-refractivity contribution in [3.8, 4) is 12.1 Å². The summed E-state index contributed by atoms with van der Waals surface area (Å²) in [6.45, 7) is 0. The van der Waals surface area contributed by atoms with E-state index < -0.39 is 0 Å². The Morgan fingerprint density at radius 2 is 1.91 bits per heavy atom. The quantitative estimate of drug-likeness (QED) is 0.464. The Hall–Kier alpha value is -0.580. The fourth-order valence-electron chi connectivity index (χ4n) is 0.308. The van der Waals surface area contributed by atoms with Gasteiger partial charge in [-0.1, -0.05) is 27.7 Å². The van der Waals surface area contributed by atoms with Gasteiger partial charge < -0.3 is 0 Å². The second-order valence-electron chi connectivity index (χ2n) is 1.57. The van der Waals surface area contributed by atoms with Crippen LogP contribution in [0.1, 0.15) is 12.8 Å². The first-order valence-electron chi connectivity index (χ1n) is 3.09. The summed E-state index contributed by atoms with van der Waals surface area (Å²) < 4.78 is 0. The molecule has 0 N–H and O–H groups in total. The molecule has 1 heterocycles. The fraction of sp³-hybridized carbons (Fsp3) is 0.429. The molecule has 1 aliphatic heterocycles. The Morgan fingerprint density at radius 1 is 1.27 bits per heavy atom. The van der Waals surface area contributed by atoms with Gasteiger partial charge in [0.2, 0.25) is 0 Å². The van der Waals surface area contributed by atoms with Crippen molar-refractivity contribution in [2.75, 3.05) is 5.75 Å². The van der Waals surface area contributed by atoms with E-state index in [1.807, 2.05) is 33.7 Å². The zero-order chi connectivity index (χ0) is 8.36. The number of rotatable bonds is 1. The summed E-state index contributed by atoms with van der Waals surface area (Å²) in [6.07, 6.45) is 2.88. The van der Waals surface area contributed by atoms with Gasteiger partial charge in [-0.15, -0.1) is 0 Å². The first-order chi connectivity index (χ1) is 5.41. The molecule has 0 unspecified atom stereocenters. The van der Waals surface area contributed by atoms with Crippen LogP contribution in [0.2, 0.25) is 0 Å². The molecular weight excluding hydrogens is 176 g/mol. The highest BCUT2D eigenvalue weighted by Gasteiger charge is 1.85. The van der Waals surface area contributed by atoms with E-state index in [4.69, 9.17) is 10.5 Å². The standard InChI is InChI=1S/C4H4N2.C3H4S2/c5-3-1-2-4-6;1-2-4-5-3-1/h1-2H2;1-2H,3H2. The molecule has 0 aromatic rings. The molecule has 11 heavy (non-hydrogen) atoms. The summed E-state index contributed by atoms with van der Waals surface area (Å²) in [6, 6.07) is 3.69. The normalized spacial score (nSPS) is 12.5. The van der Waals surface area contributed by atoms with Crippen LogP contribution >= 0.6 is 21.6 Å². The van der Waals surface area contributed by atoms with E-state index in [0.717, 1.165) is 0 Å². The maximum Gasteiger partial charge on any atom is 0.0632 e. The summed E-state index contributed by atoms with van der Waals surface area (Å²) in [5, 5.41) is 17.7. The highest BCUT2D eigenvalue weighted by atomic mass is 33.1. The van der Waals surface area contributed by atoms with Crippen LogP contribution in [0.25, 0.3) is 0 Å². The zero-order valence-electron chi connectivity index (χ0n) is 5.99. The zero-order valence-corrected chi connectivity index (χ0v) is 7.62. The Kier molecular flexibility index (Phi) is 8.92. The maximum atomic E-state index is 7.80. The van der Waals surface area contributed by atoms with Crippen LogP contribution < -0.4 is 0 Å². The third-order valence-corrected chi connectivity index (χ3v) is 2.65. The minimum atomic E-state index is 0.358. The van der Waals surface area contributed by atoms with Gasteiger partial charge in [0.05, 0.1) is 12.1 Å². The third-order valence-electron chi connectivity index (χ3n) is 0.733. The van der Waals surface area contributed by atoms with Crippen LogP contribution in [0.15, 0.2) is 11.5 Å². The van der Waals surface area contributed by atoms with E-state index >= 15 is 0 Å². The van der Waals surface area contributed by atoms with Gasteiger partial charge in [-0.2, -0.15) is 10.5 Å². The molecule has 0 aliphatic carbocycles. The highest BCUT2D eigenvalue weighted by Crippen LogP contribution is 2.27. The van der Waals surface area contributed by atoms with Gasteiger partial charge in [0.15, 0.2) is 0 Å². The van der Waals surface area contributed by atoms with Crippen molar-refractivity contribution < 1.29 is 0 Å². The van der Waals surface area contributed by atoms with E-state index in [-0.39, 0.29) is 0 Å². The molecule has 58 valence electrons. The van der Waals surface area contributed by atoms with Crippen molar-refractivity contribution in [2.24, 2.45) is 0 Å². The first-order valence-corrected chi connectivity index (χ1v) is 5.47. The molecule has 0 saturated heterocycles. The maximum absolute atomic E-state index is 7.80. The highest BCUT2D eigenvalue weighted by molar-refractivity contribution is 8.78. The van der Waals surface area contributed by atoms with E-state index in [9.17, 15) is 0 Å². The van der Waals surface area contributed by atoms with E-state index in [0.29, 0.717) is 12.8 Å². The topological polar surface area (TPSA) is 47.6 Å². The van der Waals surface area contributed by atoms with Crippen LogP contribution in [-0.4, -0.2) is 5.75 Å². The van der Waals surface area contributed by atoms with Gasteiger partial charge in [0.25, 0.3) is 0 Å².